The van der Waals surface area contributed by atoms with E-state index in [0.717, 1.165) is 11.4 Å². The molecule has 6 heteroatoms. The molecule has 6 nitrogen and oxygen atoms in total. The first-order chi connectivity index (χ1) is 8.06. The molecule has 0 aliphatic rings. The predicted octanol–water partition coefficient (Wildman–Crippen LogP) is 1.66. The van der Waals surface area contributed by atoms with Crippen LogP contribution in [0.15, 0.2) is 18.6 Å². The Labute approximate surface area is 99.9 Å². The van der Waals surface area contributed by atoms with Gasteiger partial charge in [-0.3, -0.25) is 4.68 Å². The van der Waals surface area contributed by atoms with Crippen molar-refractivity contribution in [3.05, 3.63) is 24.3 Å². The molecule has 2 heterocycles. The third kappa shape index (κ3) is 2.52. The van der Waals surface area contributed by atoms with Crippen LogP contribution in [0.25, 0.3) is 0 Å². The van der Waals surface area contributed by atoms with Crippen LogP contribution < -0.4 is 11.1 Å². The molecule has 0 radical (unpaired) electrons. The number of anilines is 3. The molecule has 17 heavy (non-hydrogen) atoms. The fourth-order valence-electron chi connectivity index (χ4n) is 1.55. The number of rotatable bonds is 3. The number of nitrogens with zero attached hydrogens (tertiary/aromatic N) is 4. The number of hydrogen-bond acceptors (Lipinski definition) is 5. The lowest BCUT2D eigenvalue weighted by Gasteiger charge is -2.06. The van der Waals surface area contributed by atoms with Crippen molar-refractivity contribution in [1.29, 1.82) is 0 Å². The standard InChI is InChI=1S/C11H16N6/c1-7(2)10-9(6-17(3)16-10)15-11-13-4-8(12)5-14-11/h4-7H,12H2,1-3H3,(H,13,14,15). The highest BCUT2D eigenvalue weighted by atomic mass is 15.3. The first-order valence-electron chi connectivity index (χ1n) is 5.44. The monoisotopic (exact) mass is 232 g/mol. The van der Waals surface area contributed by atoms with Gasteiger partial charge in [0.05, 0.1) is 29.5 Å². The molecule has 0 bridgehead atoms. The summed E-state index contributed by atoms with van der Waals surface area (Å²) in [5.41, 5.74) is 8.00. The highest BCUT2D eigenvalue weighted by molar-refractivity contribution is 5.56. The van der Waals surface area contributed by atoms with E-state index in [2.05, 4.69) is 34.2 Å². The van der Waals surface area contributed by atoms with Gasteiger partial charge in [-0.05, 0) is 5.92 Å². The summed E-state index contributed by atoms with van der Waals surface area (Å²) in [4.78, 5) is 8.20. The zero-order chi connectivity index (χ0) is 12.4. The third-order valence-corrected chi connectivity index (χ3v) is 2.32. The van der Waals surface area contributed by atoms with Crippen molar-refractivity contribution >= 4 is 17.3 Å². The Kier molecular flexibility index (Phi) is 2.95. The van der Waals surface area contributed by atoms with Crippen molar-refractivity contribution in [2.45, 2.75) is 19.8 Å². The minimum absolute atomic E-state index is 0.340. The van der Waals surface area contributed by atoms with E-state index in [1.807, 2.05) is 13.2 Å². The maximum atomic E-state index is 5.53. The van der Waals surface area contributed by atoms with Gasteiger partial charge in [-0.25, -0.2) is 9.97 Å². The average molecular weight is 232 g/mol. The lowest BCUT2D eigenvalue weighted by molar-refractivity contribution is 0.713. The van der Waals surface area contributed by atoms with Crippen molar-refractivity contribution in [1.82, 2.24) is 19.7 Å². The van der Waals surface area contributed by atoms with E-state index in [1.54, 1.807) is 17.1 Å². The predicted molar refractivity (Wildman–Crippen MR) is 67.0 cm³/mol. The van der Waals surface area contributed by atoms with Crippen LogP contribution in [0.5, 0.6) is 0 Å². The van der Waals surface area contributed by atoms with Crippen molar-refractivity contribution < 1.29 is 0 Å². The number of nitrogens with one attached hydrogen (secondary N) is 1. The van der Waals surface area contributed by atoms with Crippen molar-refractivity contribution in [2.24, 2.45) is 7.05 Å². The van der Waals surface area contributed by atoms with Crippen molar-refractivity contribution in [2.75, 3.05) is 11.1 Å². The molecule has 0 atom stereocenters. The number of nitrogens with two attached hydrogens (primary N) is 1. The molecule has 0 amide bonds. The van der Waals surface area contributed by atoms with Crippen molar-refractivity contribution in [3.8, 4) is 0 Å². The van der Waals surface area contributed by atoms with E-state index in [0.29, 0.717) is 17.6 Å². The molecule has 2 aromatic rings. The van der Waals surface area contributed by atoms with E-state index in [-0.39, 0.29) is 0 Å². The molecule has 90 valence electrons. The van der Waals surface area contributed by atoms with Gasteiger partial charge in [-0.2, -0.15) is 5.10 Å². The smallest absolute Gasteiger partial charge is 0.227 e. The Hall–Kier alpha value is -2.11. The van der Waals surface area contributed by atoms with Crippen LogP contribution in [-0.2, 0) is 7.05 Å². The summed E-state index contributed by atoms with van der Waals surface area (Å²) < 4.78 is 1.77. The quantitative estimate of drug-likeness (QED) is 0.841. The van der Waals surface area contributed by atoms with Gasteiger partial charge in [-0.1, -0.05) is 13.8 Å². The van der Waals surface area contributed by atoms with Gasteiger partial charge in [0.1, 0.15) is 0 Å². The molecule has 0 saturated carbocycles. The fraction of sp³-hybridized carbons (Fsp3) is 0.364. The first kappa shape index (κ1) is 11.4. The maximum Gasteiger partial charge on any atom is 0.227 e. The van der Waals surface area contributed by atoms with Crippen LogP contribution >= 0.6 is 0 Å². The normalized spacial score (nSPS) is 10.8. The van der Waals surface area contributed by atoms with E-state index >= 15 is 0 Å². The van der Waals surface area contributed by atoms with E-state index < -0.39 is 0 Å². The van der Waals surface area contributed by atoms with E-state index in [4.69, 9.17) is 5.73 Å². The van der Waals surface area contributed by atoms with Crippen molar-refractivity contribution in [3.63, 3.8) is 0 Å². The van der Waals surface area contributed by atoms with Gasteiger partial charge < -0.3 is 11.1 Å². The van der Waals surface area contributed by atoms with Crippen LogP contribution in [0.4, 0.5) is 17.3 Å². The van der Waals surface area contributed by atoms with Gasteiger partial charge in [0.25, 0.3) is 0 Å². The number of nitrogen functional groups attached to an aromatic ring is 1. The summed E-state index contributed by atoms with van der Waals surface area (Å²) in [6.45, 7) is 4.19. The Morgan fingerprint density at radius 2 is 1.94 bits per heavy atom. The molecule has 0 aliphatic carbocycles. The van der Waals surface area contributed by atoms with Gasteiger partial charge in [-0.15, -0.1) is 0 Å². The largest absolute Gasteiger partial charge is 0.396 e. The minimum atomic E-state index is 0.340. The number of aryl methyl sites for hydroxylation is 1. The first-order valence-corrected chi connectivity index (χ1v) is 5.44. The lowest BCUT2D eigenvalue weighted by Crippen LogP contribution is -2.00. The molecule has 0 unspecified atom stereocenters. The summed E-state index contributed by atoms with van der Waals surface area (Å²) in [6, 6.07) is 0. The second-order valence-electron chi connectivity index (χ2n) is 4.22. The maximum absolute atomic E-state index is 5.53. The molecule has 0 aromatic carbocycles. The summed E-state index contributed by atoms with van der Waals surface area (Å²) >= 11 is 0. The third-order valence-electron chi connectivity index (χ3n) is 2.32. The Bertz CT molecular complexity index is 499. The summed E-state index contributed by atoms with van der Waals surface area (Å²) in [6.07, 6.45) is 5.05. The van der Waals surface area contributed by atoms with Gasteiger partial charge in [0.2, 0.25) is 5.95 Å². The molecule has 2 aromatic heterocycles. The van der Waals surface area contributed by atoms with Crippen LogP contribution in [-0.4, -0.2) is 19.7 Å². The highest BCUT2D eigenvalue weighted by Crippen LogP contribution is 2.24. The molecule has 0 spiro atoms. The zero-order valence-corrected chi connectivity index (χ0v) is 10.2. The Morgan fingerprint density at radius 3 is 2.53 bits per heavy atom. The van der Waals surface area contributed by atoms with Crippen LogP contribution in [0, 0.1) is 0 Å². The summed E-state index contributed by atoms with van der Waals surface area (Å²) in [5, 5.41) is 7.54. The fourth-order valence-corrected chi connectivity index (χ4v) is 1.55. The van der Waals surface area contributed by atoms with Gasteiger partial charge in [0, 0.05) is 13.2 Å². The molecule has 3 N–H and O–H groups in total. The summed E-state index contributed by atoms with van der Waals surface area (Å²) in [5.74, 6) is 0.863. The highest BCUT2D eigenvalue weighted by Gasteiger charge is 2.12. The summed E-state index contributed by atoms with van der Waals surface area (Å²) in [7, 11) is 1.89. The van der Waals surface area contributed by atoms with E-state index in [1.165, 1.54) is 0 Å². The SMILES string of the molecule is CC(C)c1nn(C)cc1Nc1ncc(N)cn1. The average Bonchev–Trinajstić information content (AvgIpc) is 2.63. The Balaban J connectivity index is 2.26. The topological polar surface area (TPSA) is 81.7 Å². The van der Waals surface area contributed by atoms with E-state index in [9.17, 15) is 0 Å². The minimum Gasteiger partial charge on any atom is -0.396 e. The van der Waals surface area contributed by atoms with Crippen LogP contribution in [0.2, 0.25) is 0 Å². The molecule has 2 rings (SSSR count). The zero-order valence-electron chi connectivity index (χ0n) is 10.2. The van der Waals surface area contributed by atoms with Gasteiger partial charge >= 0.3 is 0 Å². The molecule has 0 fully saturated rings. The number of hydrogen-bond donors (Lipinski definition) is 2. The van der Waals surface area contributed by atoms with Gasteiger partial charge in [0.15, 0.2) is 0 Å². The molecular formula is C11H16N6. The van der Waals surface area contributed by atoms with Crippen LogP contribution in [0.1, 0.15) is 25.5 Å². The lowest BCUT2D eigenvalue weighted by atomic mass is 10.1. The Morgan fingerprint density at radius 1 is 1.29 bits per heavy atom. The second-order valence-corrected chi connectivity index (χ2v) is 4.22. The number of aromatic nitrogens is 4. The second kappa shape index (κ2) is 4.40. The molecule has 0 saturated heterocycles. The molecular weight excluding hydrogens is 216 g/mol. The van der Waals surface area contributed by atoms with Crippen LogP contribution in [0.3, 0.4) is 0 Å². The molecule has 0 aliphatic heterocycles.